The van der Waals surface area contributed by atoms with Crippen molar-refractivity contribution in [3.63, 3.8) is 0 Å². The largest absolute Gasteiger partial charge is 0.491 e. The number of hydrogen-bond donors (Lipinski definition) is 1. The maximum atomic E-state index is 10.5. The van der Waals surface area contributed by atoms with Gasteiger partial charge in [-0.2, -0.15) is 5.10 Å². The lowest BCUT2D eigenvalue weighted by atomic mass is 10.1. The van der Waals surface area contributed by atoms with E-state index in [1.165, 1.54) is 11.1 Å². The third-order valence-corrected chi connectivity index (χ3v) is 5.77. The fourth-order valence-electron chi connectivity index (χ4n) is 4.01. The quantitative estimate of drug-likeness (QED) is 0.584. The van der Waals surface area contributed by atoms with Crippen molar-refractivity contribution in [1.82, 2.24) is 14.7 Å². The highest BCUT2D eigenvalue weighted by molar-refractivity contribution is 5.54. The van der Waals surface area contributed by atoms with E-state index in [2.05, 4.69) is 40.8 Å². The predicted octanol–water partition coefficient (Wildman–Crippen LogP) is 3.83. The minimum absolute atomic E-state index is 0.237. The summed E-state index contributed by atoms with van der Waals surface area (Å²) in [6, 6.07) is 15.9. The van der Waals surface area contributed by atoms with Crippen LogP contribution in [0.2, 0.25) is 0 Å². The summed E-state index contributed by atoms with van der Waals surface area (Å²) in [6.45, 7) is 6.82. The molecule has 0 saturated carbocycles. The molecule has 1 N–H and O–H groups in total. The summed E-state index contributed by atoms with van der Waals surface area (Å²) in [7, 11) is 2.01. The van der Waals surface area contributed by atoms with E-state index in [0.29, 0.717) is 25.4 Å². The molecule has 0 spiro atoms. The number of aryl methyl sites for hydroxylation is 1. The summed E-state index contributed by atoms with van der Waals surface area (Å²) in [4.78, 5) is 2.11. The molecule has 0 saturated heterocycles. The summed E-state index contributed by atoms with van der Waals surface area (Å²) in [5.41, 5.74) is 5.74. The first-order valence-electron chi connectivity index (χ1n) is 11.0. The number of aliphatic hydroxyl groups excluding tert-OH is 1. The zero-order chi connectivity index (χ0) is 22.5. The van der Waals surface area contributed by atoms with E-state index in [0.717, 1.165) is 29.2 Å². The molecular formula is C26H31N3O3. The van der Waals surface area contributed by atoms with Crippen LogP contribution in [-0.2, 0) is 13.1 Å². The zero-order valence-electron chi connectivity index (χ0n) is 19.0. The molecule has 3 aromatic rings. The molecule has 1 aromatic heterocycles. The second-order valence-electron chi connectivity index (χ2n) is 8.35. The molecule has 0 fully saturated rings. The standard InChI is InChI=1S/C26H31N3O3/c1-19-26-17-28(3)16-23(30)18-32-25-12-10-24(11-13-25)31-14-6-9-21-7-4-5-8-22(21)15-29(27-19)20(26)2/h4-13,23,30H,14-18H2,1-3H3. The van der Waals surface area contributed by atoms with Gasteiger partial charge in [0.15, 0.2) is 0 Å². The van der Waals surface area contributed by atoms with Crippen molar-refractivity contribution in [3.8, 4) is 11.5 Å². The molecule has 2 aromatic carbocycles. The molecule has 5 rings (SSSR count). The van der Waals surface area contributed by atoms with Gasteiger partial charge in [0, 0.05) is 24.3 Å². The molecule has 1 unspecified atom stereocenters. The van der Waals surface area contributed by atoms with Gasteiger partial charge in [0.2, 0.25) is 0 Å². The molecule has 1 atom stereocenters. The van der Waals surface area contributed by atoms with E-state index in [-0.39, 0.29) is 6.61 Å². The number of nitrogens with zero attached hydrogens (tertiary/aromatic N) is 3. The lowest BCUT2D eigenvalue weighted by Gasteiger charge is -2.21. The van der Waals surface area contributed by atoms with E-state index in [4.69, 9.17) is 14.6 Å². The summed E-state index contributed by atoms with van der Waals surface area (Å²) in [5.74, 6) is 1.49. The van der Waals surface area contributed by atoms with E-state index in [1.807, 2.05) is 50.4 Å². The summed E-state index contributed by atoms with van der Waals surface area (Å²) in [5, 5.41) is 15.3. The second-order valence-corrected chi connectivity index (χ2v) is 8.35. The summed E-state index contributed by atoms with van der Waals surface area (Å²) >= 11 is 0. The molecule has 0 amide bonds. The fraction of sp³-hybridized carbons (Fsp3) is 0.346. The van der Waals surface area contributed by atoms with Crippen LogP contribution in [0.1, 0.15) is 28.1 Å². The Kier molecular flexibility index (Phi) is 6.93. The van der Waals surface area contributed by atoms with E-state index in [9.17, 15) is 5.11 Å². The lowest BCUT2D eigenvalue weighted by molar-refractivity contribution is 0.0742. The monoisotopic (exact) mass is 433 g/mol. The Morgan fingerprint density at radius 3 is 2.47 bits per heavy atom. The normalized spacial score (nSPS) is 17.9. The molecule has 0 aliphatic carbocycles. The molecule has 6 nitrogen and oxygen atoms in total. The van der Waals surface area contributed by atoms with Crippen molar-refractivity contribution in [1.29, 1.82) is 0 Å². The lowest BCUT2D eigenvalue weighted by Crippen LogP contribution is -2.33. The zero-order valence-corrected chi connectivity index (χ0v) is 19.0. The fourth-order valence-corrected chi connectivity index (χ4v) is 4.01. The molecule has 0 radical (unpaired) electrons. The van der Waals surface area contributed by atoms with E-state index in [1.54, 1.807) is 0 Å². The Balaban J connectivity index is 1.63. The van der Waals surface area contributed by atoms with Gasteiger partial charge in [0.25, 0.3) is 0 Å². The highest BCUT2D eigenvalue weighted by Gasteiger charge is 2.16. The first-order chi connectivity index (χ1) is 15.5. The number of fused-ring (bicyclic) bond motifs is 9. The highest BCUT2D eigenvalue weighted by Crippen LogP contribution is 2.21. The van der Waals surface area contributed by atoms with Gasteiger partial charge in [-0.05, 0) is 62.4 Å². The van der Waals surface area contributed by atoms with Gasteiger partial charge >= 0.3 is 0 Å². The van der Waals surface area contributed by atoms with Crippen molar-refractivity contribution in [2.24, 2.45) is 0 Å². The molecule has 6 heteroatoms. The number of hydrogen-bond acceptors (Lipinski definition) is 5. The number of rotatable bonds is 0. The van der Waals surface area contributed by atoms with Crippen LogP contribution in [-0.4, -0.2) is 52.7 Å². The van der Waals surface area contributed by atoms with Gasteiger partial charge in [0.1, 0.15) is 30.8 Å². The van der Waals surface area contributed by atoms with Crippen LogP contribution < -0.4 is 9.47 Å². The first kappa shape index (κ1) is 22.1. The second kappa shape index (κ2) is 10.0. The van der Waals surface area contributed by atoms with Gasteiger partial charge in [-0.15, -0.1) is 0 Å². The van der Waals surface area contributed by atoms with Crippen LogP contribution in [0.15, 0.2) is 54.6 Å². The summed E-state index contributed by atoms with van der Waals surface area (Å²) < 4.78 is 13.7. The first-order valence-corrected chi connectivity index (χ1v) is 11.0. The smallest absolute Gasteiger partial charge is 0.120 e. The van der Waals surface area contributed by atoms with Crippen molar-refractivity contribution in [2.75, 3.05) is 26.8 Å². The van der Waals surface area contributed by atoms with Gasteiger partial charge in [-0.3, -0.25) is 9.58 Å². The molecule has 4 bridgehead atoms. The van der Waals surface area contributed by atoms with Crippen LogP contribution in [0.4, 0.5) is 0 Å². The Morgan fingerprint density at radius 2 is 1.69 bits per heavy atom. The van der Waals surface area contributed by atoms with Crippen LogP contribution in [0.5, 0.6) is 11.5 Å². The minimum Gasteiger partial charge on any atom is -0.491 e. The molecule has 3 heterocycles. The molecule has 168 valence electrons. The number of ether oxygens (including phenoxy) is 2. The number of likely N-dealkylation sites (N-methyl/N-ethyl adjacent to an activating group) is 1. The van der Waals surface area contributed by atoms with E-state index >= 15 is 0 Å². The topological polar surface area (TPSA) is 59.8 Å². The minimum atomic E-state index is -0.589. The average molecular weight is 434 g/mol. The third kappa shape index (κ3) is 5.39. The van der Waals surface area contributed by atoms with Crippen LogP contribution in [0.25, 0.3) is 6.08 Å². The van der Waals surface area contributed by atoms with Crippen molar-refractivity contribution in [2.45, 2.75) is 33.0 Å². The number of aliphatic hydroxyl groups is 1. The van der Waals surface area contributed by atoms with Gasteiger partial charge in [-0.1, -0.05) is 30.3 Å². The maximum Gasteiger partial charge on any atom is 0.120 e. The van der Waals surface area contributed by atoms with Crippen molar-refractivity contribution >= 4 is 6.08 Å². The van der Waals surface area contributed by atoms with Crippen LogP contribution >= 0.6 is 0 Å². The van der Waals surface area contributed by atoms with Gasteiger partial charge in [-0.25, -0.2) is 0 Å². The maximum absolute atomic E-state index is 10.5. The Morgan fingerprint density at radius 1 is 0.969 bits per heavy atom. The Labute approximate surface area is 189 Å². The predicted molar refractivity (Wildman–Crippen MR) is 126 cm³/mol. The van der Waals surface area contributed by atoms with Crippen molar-refractivity contribution in [3.05, 3.63) is 82.7 Å². The number of benzene rings is 2. The van der Waals surface area contributed by atoms with E-state index < -0.39 is 6.10 Å². The van der Waals surface area contributed by atoms with Crippen LogP contribution in [0, 0.1) is 13.8 Å². The average Bonchev–Trinajstić information content (AvgIpc) is 3.04. The molecule has 2 aliphatic rings. The molecule has 2 aliphatic heterocycles. The Hall–Kier alpha value is -3.09. The SMILES string of the molecule is Cc1nn2c(C)c1CN(C)CC(O)COc1ccc(cc1)OCC=Cc1ccccc1C2. The van der Waals surface area contributed by atoms with Gasteiger partial charge < -0.3 is 14.6 Å². The molecule has 32 heavy (non-hydrogen) atoms. The molecular weight excluding hydrogens is 402 g/mol. The Bertz CT molecular complexity index is 1070. The number of aromatic nitrogens is 2. The van der Waals surface area contributed by atoms with Gasteiger partial charge in [0.05, 0.1) is 12.2 Å². The highest BCUT2D eigenvalue weighted by atomic mass is 16.5. The summed E-state index contributed by atoms with van der Waals surface area (Å²) in [6.07, 6.45) is 3.54. The van der Waals surface area contributed by atoms with Crippen molar-refractivity contribution < 1.29 is 14.6 Å². The van der Waals surface area contributed by atoms with Crippen LogP contribution in [0.3, 0.4) is 0 Å². The third-order valence-electron chi connectivity index (χ3n) is 5.77.